The van der Waals surface area contributed by atoms with E-state index in [0.29, 0.717) is 0 Å². The fraction of sp³-hybridized carbons (Fsp3) is 0.727. The number of carboxylic acid groups (broad SMARTS) is 3. The molecule has 0 unspecified atom stereocenters. The third-order valence-corrected chi connectivity index (χ3v) is 2.54. The van der Waals surface area contributed by atoms with Crippen molar-refractivity contribution in [2.45, 2.75) is 49.9 Å². The Morgan fingerprint density at radius 1 is 0.778 bits per heavy atom. The zero-order valence-electron chi connectivity index (χ0n) is 10.6. The van der Waals surface area contributed by atoms with Crippen LogP contribution in [0.5, 0.6) is 0 Å². The molecule has 0 aliphatic heterocycles. The van der Waals surface area contributed by atoms with E-state index in [4.69, 9.17) is 29.7 Å². The van der Waals surface area contributed by atoms with Gasteiger partial charge in [-0.3, -0.25) is 0 Å². The van der Waals surface area contributed by atoms with Gasteiger partial charge in [-0.25, -0.2) is 0 Å². The number of hydrogen-bond donors (Lipinski definition) is 0. The van der Waals surface area contributed by atoms with E-state index < -0.39 is 19.4 Å². The Labute approximate surface area is 121 Å². The molecule has 0 heterocycles. The Morgan fingerprint density at radius 3 is 1.33 bits per heavy atom. The molecule has 0 fully saturated rings. The number of rotatable bonds is 6. The molecule has 0 spiro atoms. The molecule has 0 rings (SSSR count). The minimum absolute atomic E-state index is 0.500. The van der Waals surface area contributed by atoms with E-state index in [1.165, 1.54) is 43.0 Å². The first kappa shape index (κ1) is 25.9. The van der Waals surface area contributed by atoms with Gasteiger partial charge in [-0.15, -0.1) is 0 Å². The topological polar surface area (TPSA) is 120 Å². The van der Waals surface area contributed by atoms with Gasteiger partial charge < -0.3 is 29.7 Å². The second kappa shape index (κ2) is 44.2. The third kappa shape index (κ3) is 113. The van der Waals surface area contributed by atoms with Gasteiger partial charge in [0.25, 0.3) is 0 Å². The van der Waals surface area contributed by atoms with E-state index in [1.54, 1.807) is 22.5 Å². The monoisotopic (exact) mass is 368 g/mol. The molecule has 18 heavy (non-hydrogen) atoms. The van der Waals surface area contributed by atoms with Crippen LogP contribution in [0.4, 0.5) is 0 Å². The van der Waals surface area contributed by atoms with Crippen molar-refractivity contribution < 1.29 is 29.7 Å². The third-order valence-electron chi connectivity index (χ3n) is 1.53. The summed E-state index contributed by atoms with van der Waals surface area (Å²) in [4.78, 5) is 24.8. The molecule has 0 saturated carbocycles. The van der Waals surface area contributed by atoms with E-state index >= 15 is 0 Å². The van der Waals surface area contributed by atoms with Crippen LogP contribution in [0.25, 0.3) is 0 Å². The van der Waals surface area contributed by atoms with Gasteiger partial charge in [0.1, 0.15) is 0 Å². The standard InChI is InChI=1S/C8H17.3CH2O2.Sn/c1-3-5-7-8-6-4-2;3*2-1-3;/h1,3-8H2,2H3;3*1H,(H,2,3);/q;;;;+3/p-3. The first-order chi connectivity index (χ1) is 8.66. The zero-order valence-corrected chi connectivity index (χ0v) is 13.5. The van der Waals surface area contributed by atoms with Crippen molar-refractivity contribution in [3.05, 3.63) is 0 Å². The summed E-state index contributed by atoms with van der Waals surface area (Å²) in [5.41, 5.74) is 0. The molecular formula is C11H20O6Sn. The molecule has 6 nitrogen and oxygen atoms in total. The maximum absolute atomic E-state index is 8.25. The number of carbonyl (C=O) groups is 3. The summed E-state index contributed by atoms with van der Waals surface area (Å²) in [5, 5.41) is 24.8. The Bertz CT molecular complexity index is 123. The SMILES string of the molecule is CCCCCCC[CH2][Sn+3].O=C[O-].O=C[O-].O=C[O-]. The minimum atomic E-state index is -0.500. The van der Waals surface area contributed by atoms with E-state index in [9.17, 15) is 0 Å². The molecule has 0 bridgehead atoms. The molecule has 0 aromatic rings. The molecule has 0 atom stereocenters. The van der Waals surface area contributed by atoms with Gasteiger partial charge in [-0.2, -0.15) is 0 Å². The first-order valence-electron chi connectivity index (χ1n) is 5.47. The van der Waals surface area contributed by atoms with E-state index in [1.807, 2.05) is 0 Å². The summed E-state index contributed by atoms with van der Waals surface area (Å²) in [7, 11) is 0. The van der Waals surface area contributed by atoms with Gasteiger partial charge in [0, 0.05) is 19.4 Å². The van der Waals surface area contributed by atoms with Gasteiger partial charge >= 0.3 is 72.4 Å². The second-order valence-electron chi connectivity index (χ2n) is 2.81. The molecule has 0 amide bonds. The Balaban J connectivity index is -0.0000000902. The first-order valence-corrected chi connectivity index (χ1v) is 7.49. The van der Waals surface area contributed by atoms with Crippen molar-refractivity contribution in [3.63, 3.8) is 0 Å². The maximum atomic E-state index is 8.25. The molecule has 0 N–H and O–H groups in total. The smallest absolute Gasteiger partial charge is 0.0275 e. The van der Waals surface area contributed by atoms with Crippen molar-refractivity contribution >= 4 is 41.9 Å². The van der Waals surface area contributed by atoms with E-state index in [0.717, 1.165) is 0 Å². The number of unbranched alkanes of at least 4 members (excludes halogenated alkanes) is 5. The Morgan fingerprint density at radius 2 is 1.06 bits per heavy atom. The minimum Gasteiger partial charge on any atom is -0.554 e. The predicted molar refractivity (Wildman–Crippen MR) is 62.1 cm³/mol. The van der Waals surface area contributed by atoms with Gasteiger partial charge in [-0.1, -0.05) is 0 Å². The van der Waals surface area contributed by atoms with Crippen molar-refractivity contribution in [1.29, 1.82) is 0 Å². The van der Waals surface area contributed by atoms with Crippen LogP contribution in [0.2, 0.25) is 4.44 Å². The average molecular weight is 367 g/mol. The number of hydrogen-bond acceptors (Lipinski definition) is 6. The Hall–Kier alpha value is -0.791. The van der Waals surface area contributed by atoms with Crippen molar-refractivity contribution in [2.24, 2.45) is 0 Å². The van der Waals surface area contributed by atoms with Gasteiger partial charge in [0.15, 0.2) is 0 Å². The summed E-state index contributed by atoms with van der Waals surface area (Å²) in [6, 6.07) is 0. The van der Waals surface area contributed by atoms with Crippen LogP contribution in [-0.2, 0) is 14.4 Å². The quantitative estimate of drug-likeness (QED) is 0.305. The number of carbonyl (C=O) groups excluding carboxylic acids is 3. The van der Waals surface area contributed by atoms with Crippen LogP contribution >= 0.6 is 0 Å². The molecule has 104 valence electrons. The molecule has 0 radical (unpaired) electrons. The molecule has 0 aromatic heterocycles. The zero-order chi connectivity index (χ0) is 15.1. The molecule has 0 aliphatic rings. The predicted octanol–water partition coefficient (Wildman–Crippen LogP) is -1.97. The van der Waals surface area contributed by atoms with Gasteiger partial charge in [-0.05, 0) is 0 Å². The molecule has 0 aromatic carbocycles. The van der Waals surface area contributed by atoms with Crippen molar-refractivity contribution in [3.8, 4) is 0 Å². The molecular weight excluding hydrogens is 347 g/mol. The summed E-state index contributed by atoms with van der Waals surface area (Å²) in [5.74, 6) is 0. The van der Waals surface area contributed by atoms with Crippen LogP contribution in [0.3, 0.4) is 0 Å². The summed E-state index contributed by atoms with van der Waals surface area (Å²) >= 11 is 1.71. The van der Waals surface area contributed by atoms with E-state index in [2.05, 4.69) is 6.92 Å². The van der Waals surface area contributed by atoms with Crippen LogP contribution in [0.15, 0.2) is 0 Å². The molecule has 0 saturated heterocycles. The maximum Gasteiger partial charge on any atom is 0.0275 e. The normalized spacial score (nSPS) is 7.06. The molecule has 7 heteroatoms. The van der Waals surface area contributed by atoms with Gasteiger partial charge in [0.2, 0.25) is 0 Å². The Kier molecular flexibility index (Phi) is 63.6. The van der Waals surface area contributed by atoms with Gasteiger partial charge in [0.05, 0.1) is 0 Å². The average Bonchev–Trinajstić information content (AvgIpc) is 2.32. The van der Waals surface area contributed by atoms with Crippen LogP contribution in [0.1, 0.15) is 45.4 Å². The fourth-order valence-corrected chi connectivity index (χ4v) is 1.62. The van der Waals surface area contributed by atoms with Crippen molar-refractivity contribution in [1.82, 2.24) is 0 Å². The van der Waals surface area contributed by atoms with E-state index in [-0.39, 0.29) is 0 Å². The fourth-order valence-electron chi connectivity index (χ4n) is 0.905. The summed E-state index contributed by atoms with van der Waals surface area (Å²) in [6.07, 6.45) is 8.71. The molecule has 0 aliphatic carbocycles. The largest absolute Gasteiger partial charge is 0.554 e. The van der Waals surface area contributed by atoms with Crippen molar-refractivity contribution in [2.75, 3.05) is 0 Å². The van der Waals surface area contributed by atoms with Crippen LogP contribution in [-0.4, -0.2) is 41.9 Å². The van der Waals surface area contributed by atoms with Crippen LogP contribution < -0.4 is 15.3 Å². The second-order valence-corrected chi connectivity index (χ2v) is 4.23. The van der Waals surface area contributed by atoms with Crippen LogP contribution in [0, 0.1) is 0 Å². The summed E-state index contributed by atoms with van der Waals surface area (Å²) < 4.78 is 1.46. The summed E-state index contributed by atoms with van der Waals surface area (Å²) in [6.45, 7) is 0.768.